The van der Waals surface area contributed by atoms with Gasteiger partial charge in [-0.3, -0.25) is 9.36 Å². The van der Waals surface area contributed by atoms with Gasteiger partial charge < -0.3 is 15.0 Å². The van der Waals surface area contributed by atoms with Crippen molar-refractivity contribution in [3.8, 4) is 0 Å². The smallest absolute Gasteiger partial charge is 0.325 e. The molecule has 2 rings (SSSR count). The van der Waals surface area contributed by atoms with Gasteiger partial charge in [0.25, 0.3) is 0 Å². The maximum absolute atomic E-state index is 12.0. The molecule has 1 amide bonds. The van der Waals surface area contributed by atoms with Crippen molar-refractivity contribution in [1.82, 2.24) is 14.5 Å². The van der Waals surface area contributed by atoms with Crippen molar-refractivity contribution in [2.45, 2.75) is 45.8 Å². The van der Waals surface area contributed by atoms with Crippen molar-refractivity contribution in [3.63, 3.8) is 0 Å². The Morgan fingerprint density at radius 2 is 2.21 bits per heavy atom. The zero-order valence-corrected chi connectivity index (χ0v) is 11.5. The van der Waals surface area contributed by atoms with Crippen molar-refractivity contribution in [2.75, 3.05) is 13.1 Å². The number of hydrogen-bond donors (Lipinski definition) is 2. The molecule has 6 nitrogen and oxygen atoms in total. The number of nitrogens with zero attached hydrogens (tertiary/aromatic N) is 2. The molecule has 19 heavy (non-hydrogen) atoms. The van der Waals surface area contributed by atoms with Crippen molar-refractivity contribution in [2.24, 2.45) is 0 Å². The van der Waals surface area contributed by atoms with E-state index < -0.39 is 6.10 Å². The van der Waals surface area contributed by atoms with Gasteiger partial charge in [-0.05, 0) is 26.7 Å². The Morgan fingerprint density at radius 3 is 2.79 bits per heavy atom. The van der Waals surface area contributed by atoms with Gasteiger partial charge in [-0.2, -0.15) is 0 Å². The van der Waals surface area contributed by atoms with E-state index in [2.05, 4.69) is 4.98 Å². The molecule has 106 valence electrons. The summed E-state index contributed by atoms with van der Waals surface area (Å²) in [4.78, 5) is 28.1. The third-order valence-corrected chi connectivity index (χ3v) is 3.79. The summed E-state index contributed by atoms with van der Waals surface area (Å²) in [6.07, 6.45) is 1.50. The van der Waals surface area contributed by atoms with Crippen LogP contribution >= 0.6 is 0 Å². The van der Waals surface area contributed by atoms with Crippen LogP contribution in [0.25, 0.3) is 0 Å². The second-order valence-corrected chi connectivity index (χ2v) is 5.18. The number of amides is 1. The van der Waals surface area contributed by atoms with E-state index >= 15 is 0 Å². The fraction of sp³-hybridized carbons (Fsp3) is 0.692. The quantitative estimate of drug-likeness (QED) is 0.819. The minimum Gasteiger partial charge on any atom is -0.391 e. The average Bonchev–Trinajstić information content (AvgIpc) is 2.61. The Morgan fingerprint density at radius 1 is 1.47 bits per heavy atom. The van der Waals surface area contributed by atoms with Crippen LogP contribution in [0.1, 0.15) is 30.7 Å². The van der Waals surface area contributed by atoms with Crippen LogP contribution in [-0.4, -0.2) is 44.7 Å². The first-order valence-electron chi connectivity index (χ1n) is 6.71. The first-order chi connectivity index (χ1) is 8.99. The van der Waals surface area contributed by atoms with Crippen LogP contribution in [0.5, 0.6) is 0 Å². The van der Waals surface area contributed by atoms with Crippen molar-refractivity contribution >= 4 is 5.91 Å². The molecule has 1 aromatic rings. The molecule has 0 saturated carbocycles. The van der Waals surface area contributed by atoms with Gasteiger partial charge in [0, 0.05) is 37.4 Å². The van der Waals surface area contributed by atoms with E-state index in [9.17, 15) is 14.7 Å². The van der Waals surface area contributed by atoms with E-state index in [0.29, 0.717) is 26.1 Å². The molecule has 1 saturated heterocycles. The third kappa shape index (κ3) is 3.07. The number of hydrogen-bond acceptors (Lipinski definition) is 3. The maximum Gasteiger partial charge on any atom is 0.325 e. The molecule has 2 heterocycles. The summed E-state index contributed by atoms with van der Waals surface area (Å²) in [7, 11) is 0. The molecule has 2 N–H and O–H groups in total. The summed E-state index contributed by atoms with van der Waals surface area (Å²) in [5.74, 6) is 0.00361. The summed E-state index contributed by atoms with van der Waals surface area (Å²) in [6.45, 7) is 5.22. The molecule has 1 aliphatic heterocycles. The molecule has 6 heteroatoms. The van der Waals surface area contributed by atoms with E-state index in [0.717, 1.165) is 24.2 Å². The first-order valence-corrected chi connectivity index (χ1v) is 6.71. The predicted octanol–water partition coefficient (Wildman–Crippen LogP) is 0.167. The fourth-order valence-electron chi connectivity index (χ4n) is 2.49. The van der Waals surface area contributed by atoms with Crippen LogP contribution in [-0.2, 0) is 11.3 Å². The highest BCUT2D eigenvalue weighted by molar-refractivity contribution is 5.76. The van der Waals surface area contributed by atoms with Gasteiger partial charge in [0.05, 0.1) is 6.10 Å². The van der Waals surface area contributed by atoms with Gasteiger partial charge >= 0.3 is 5.69 Å². The minimum atomic E-state index is -0.406. The van der Waals surface area contributed by atoms with Crippen LogP contribution in [0.15, 0.2) is 4.79 Å². The molecular formula is C13H21N3O3. The lowest BCUT2D eigenvalue weighted by Crippen LogP contribution is -2.42. The summed E-state index contributed by atoms with van der Waals surface area (Å²) in [5.41, 5.74) is 1.55. The number of carbonyl (C=O) groups is 1. The molecule has 1 unspecified atom stereocenters. The summed E-state index contributed by atoms with van der Waals surface area (Å²) < 4.78 is 1.59. The van der Waals surface area contributed by atoms with E-state index in [1.165, 1.54) is 0 Å². The summed E-state index contributed by atoms with van der Waals surface area (Å²) in [6, 6.07) is 0. The van der Waals surface area contributed by atoms with E-state index in [1.54, 1.807) is 9.47 Å². The van der Waals surface area contributed by atoms with Gasteiger partial charge in [0.2, 0.25) is 5.91 Å². The van der Waals surface area contributed by atoms with E-state index in [-0.39, 0.29) is 11.6 Å². The average molecular weight is 267 g/mol. The highest BCUT2D eigenvalue weighted by Crippen LogP contribution is 2.11. The van der Waals surface area contributed by atoms with E-state index in [1.807, 2.05) is 13.8 Å². The Bertz CT molecular complexity index is 518. The number of imidazole rings is 1. The largest absolute Gasteiger partial charge is 0.391 e. The Kier molecular flexibility index (Phi) is 4.09. The number of likely N-dealkylation sites (tertiary alicyclic amines) is 1. The lowest BCUT2D eigenvalue weighted by molar-refractivity contribution is -0.134. The molecule has 1 aliphatic rings. The second kappa shape index (κ2) is 5.61. The van der Waals surface area contributed by atoms with Crippen molar-refractivity contribution in [3.05, 3.63) is 21.9 Å². The van der Waals surface area contributed by atoms with Gasteiger partial charge in [-0.25, -0.2) is 4.79 Å². The third-order valence-electron chi connectivity index (χ3n) is 3.79. The van der Waals surface area contributed by atoms with Crippen LogP contribution in [0.2, 0.25) is 0 Å². The number of carbonyl (C=O) groups excluding carboxylic acids is 1. The number of aromatic nitrogens is 2. The van der Waals surface area contributed by atoms with Crippen LogP contribution < -0.4 is 5.69 Å². The topological polar surface area (TPSA) is 78.3 Å². The Balaban J connectivity index is 1.95. The molecule has 0 bridgehead atoms. The normalized spacial score (nSPS) is 19.7. The zero-order valence-electron chi connectivity index (χ0n) is 11.5. The lowest BCUT2D eigenvalue weighted by Gasteiger charge is -2.30. The van der Waals surface area contributed by atoms with Crippen molar-refractivity contribution in [1.29, 1.82) is 0 Å². The van der Waals surface area contributed by atoms with Gasteiger partial charge in [-0.15, -0.1) is 0 Å². The van der Waals surface area contributed by atoms with Gasteiger partial charge in [0.15, 0.2) is 0 Å². The number of piperidine rings is 1. The number of aryl methyl sites for hydroxylation is 1. The van der Waals surface area contributed by atoms with Crippen LogP contribution in [0.4, 0.5) is 0 Å². The molecule has 1 aromatic heterocycles. The molecular weight excluding hydrogens is 246 g/mol. The number of nitrogens with one attached hydrogen (secondary N) is 1. The maximum atomic E-state index is 12.0. The SMILES string of the molecule is Cc1[nH]c(=O)n(CCC(=O)N2CCCC(O)C2)c1C. The number of β-amino-alcohol motifs (C(OH)–C–C–N with tert-alkyl or cyclic N) is 1. The van der Waals surface area contributed by atoms with Crippen LogP contribution in [0.3, 0.4) is 0 Å². The summed E-state index contributed by atoms with van der Waals surface area (Å²) >= 11 is 0. The molecule has 0 radical (unpaired) electrons. The minimum absolute atomic E-state index is 0.00361. The fourth-order valence-corrected chi connectivity index (χ4v) is 2.49. The van der Waals surface area contributed by atoms with Crippen molar-refractivity contribution < 1.29 is 9.90 Å². The van der Waals surface area contributed by atoms with Gasteiger partial charge in [-0.1, -0.05) is 0 Å². The summed E-state index contributed by atoms with van der Waals surface area (Å²) in [5, 5.41) is 9.55. The molecule has 0 aromatic carbocycles. The number of rotatable bonds is 3. The van der Waals surface area contributed by atoms with Gasteiger partial charge in [0.1, 0.15) is 0 Å². The number of aliphatic hydroxyl groups excluding tert-OH is 1. The predicted molar refractivity (Wildman–Crippen MR) is 71.0 cm³/mol. The molecule has 1 fully saturated rings. The molecule has 1 atom stereocenters. The Labute approximate surface area is 112 Å². The number of aromatic amines is 1. The monoisotopic (exact) mass is 267 g/mol. The Hall–Kier alpha value is -1.56. The first kappa shape index (κ1) is 13.9. The highest BCUT2D eigenvalue weighted by atomic mass is 16.3. The molecule has 0 aliphatic carbocycles. The number of H-pyrrole nitrogens is 1. The standard InChI is InChI=1S/C13H21N3O3/c1-9-10(2)16(13(19)14-9)7-5-12(18)15-6-3-4-11(17)8-15/h11,17H,3-8H2,1-2H3,(H,14,19). The highest BCUT2D eigenvalue weighted by Gasteiger charge is 2.22. The number of aliphatic hydroxyl groups is 1. The lowest BCUT2D eigenvalue weighted by atomic mass is 10.1. The van der Waals surface area contributed by atoms with E-state index in [4.69, 9.17) is 0 Å². The second-order valence-electron chi connectivity index (χ2n) is 5.18. The molecule has 0 spiro atoms. The zero-order chi connectivity index (χ0) is 14.0. The van der Waals surface area contributed by atoms with Crippen LogP contribution in [0, 0.1) is 13.8 Å².